The summed E-state index contributed by atoms with van der Waals surface area (Å²) in [5.41, 5.74) is 1.74. The molecular formula is C32H35FN4O6. The van der Waals surface area contributed by atoms with Crippen LogP contribution in [0.1, 0.15) is 40.4 Å². The van der Waals surface area contributed by atoms with Crippen molar-refractivity contribution in [2.45, 2.75) is 32.9 Å². The average molecular weight is 591 g/mol. The van der Waals surface area contributed by atoms with E-state index in [2.05, 4.69) is 10.3 Å². The van der Waals surface area contributed by atoms with Crippen molar-refractivity contribution in [1.29, 1.82) is 0 Å². The minimum atomic E-state index is -0.739. The smallest absolute Gasteiger partial charge is 0.409 e. The van der Waals surface area contributed by atoms with Crippen molar-refractivity contribution in [1.82, 2.24) is 19.8 Å². The lowest BCUT2D eigenvalue weighted by Crippen LogP contribution is -2.36. The molecule has 4 rings (SSSR count). The predicted octanol–water partition coefficient (Wildman–Crippen LogP) is 4.26. The highest BCUT2D eigenvalue weighted by Crippen LogP contribution is 2.26. The monoisotopic (exact) mass is 590 g/mol. The number of halogens is 1. The molecular weight excluding hydrogens is 555 g/mol. The van der Waals surface area contributed by atoms with Crippen LogP contribution < -0.4 is 10.9 Å². The molecule has 2 amide bonds. The van der Waals surface area contributed by atoms with Crippen LogP contribution in [0, 0.1) is 5.82 Å². The molecule has 2 heterocycles. The average Bonchev–Trinajstić information content (AvgIpc) is 3.01. The molecule has 0 atom stereocenters. The molecule has 0 aliphatic carbocycles. The highest BCUT2D eigenvalue weighted by molar-refractivity contribution is 6.01. The summed E-state index contributed by atoms with van der Waals surface area (Å²) in [4.78, 5) is 45.0. The number of nitrogens with zero attached hydrogens (tertiary/aromatic N) is 3. The van der Waals surface area contributed by atoms with Gasteiger partial charge < -0.3 is 29.4 Å². The number of nitrogens with one attached hydrogen (secondary N) is 1. The molecule has 2 aromatic carbocycles. The van der Waals surface area contributed by atoms with Crippen LogP contribution in [0.5, 0.6) is 5.75 Å². The number of rotatable bonds is 13. The van der Waals surface area contributed by atoms with Gasteiger partial charge in [-0.2, -0.15) is 0 Å². The van der Waals surface area contributed by atoms with E-state index in [4.69, 9.17) is 9.47 Å². The Bertz CT molecular complexity index is 1610. The van der Waals surface area contributed by atoms with E-state index in [9.17, 15) is 23.9 Å². The molecule has 4 aromatic rings. The topological polar surface area (TPSA) is 123 Å². The Morgan fingerprint density at radius 3 is 2.53 bits per heavy atom. The lowest BCUT2D eigenvalue weighted by molar-refractivity contribution is 0.0918. The maximum absolute atomic E-state index is 13.6. The second-order valence-electron chi connectivity index (χ2n) is 9.96. The van der Waals surface area contributed by atoms with Gasteiger partial charge in [0, 0.05) is 39.5 Å². The van der Waals surface area contributed by atoms with Gasteiger partial charge in [-0.05, 0) is 54.7 Å². The molecule has 0 aliphatic rings. The lowest BCUT2D eigenvalue weighted by atomic mass is 10.1. The number of fused-ring (bicyclic) bond motifs is 1. The minimum Gasteiger partial charge on any atom is -0.505 e. The van der Waals surface area contributed by atoms with Gasteiger partial charge in [-0.25, -0.2) is 9.18 Å². The van der Waals surface area contributed by atoms with Gasteiger partial charge in [0.05, 0.1) is 12.1 Å². The third-order valence-electron chi connectivity index (χ3n) is 6.81. The SMILES string of the molecule is CCOCCNC(=O)c1c(O)c2ncc(Cc3ccc(F)cc3)cc2n(CCCN(C)C(=O)OCc2ccccc2)c1=O. The molecule has 0 aliphatic heterocycles. The second kappa shape index (κ2) is 14.9. The first-order valence-corrected chi connectivity index (χ1v) is 14.0. The number of amides is 2. The minimum absolute atomic E-state index is 0.0908. The molecule has 0 unspecified atom stereocenters. The Morgan fingerprint density at radius 1 is 1.07 bits per heavy atom. The lowest BCUT2D eigenvalue weighted by Gasteiger charge is -2.19. The van der Waals surface area contributed by atoms with Crippen LogP contribution in [0.15, 0.2) is 71.7 Å². The number of aromatic hydroxyl groups is 1. The molecule has 11 heteroatoms. The number of aryl methyl sites for hydroxylation is 1. The standard InChI is InChI=1S/C32H35FN4O6/c1-3-42-17-14-34-30(39)27-29(38)28-26(19-24(20-35-28)18-22-10-12-25(33)13-11-22)37(31(27)40)16-7-15-36(2)32(41)43-21-23-8-5-4-6-9-23/h4-6,8-13,19-20,38H,3,7,14-18,21H2,1-2H3,(H,34,39). The predicted molar refractivity (Wildman–Crippen MR) is 160 cm³/mol. The van der Waals surface area contributed by atoms with E-state index in [1.165, 1.54) is 21.6 Å². The molecule has 0 saturated carbocycles. The molecule has 2 aromatic heterocycles. The third-order valence-corrected chi connectivity index (χ3v) is 6.81. The molecule has 0 radical (unpaired) electrons. The van der Waals surface area contributed by atoms with Crippen molar-refractivity contribution < 1.29 is 28.6 Å². The zero-order valence-corrected chi connectivity index (χ0v) is 24.2. The summed E-state index contributed by atoms with van der Waals surface area (Å²) in [5.74, 6) is -1.60. The summed E-state index contributed by atoms with van der Waals surface area (Å²) in [6.07, 6.45) is 1.80. The van der Waals surface area contributed by atoms with Crippen LogP contribution in [-0.4, -0.2) is 64.9 Å². The summed E-state index contributed by atoms with van der Waals surface area (Å²) in [6.45, 7) is 3.24. The van der Waals surface area contributed by atoms with E-state index < -0.39 is 28.9 Å². The van der Waals surface area contributed by atoms with Crippen molar-refractivity contribution in [2.75, 3.05) is 33.4 Å². The Hall–Kier alpha value is -4.77. The normalized spacial score (nSPS) is 11.0. The number of benzene rings is 2. The first-order chi connectivity index (χ1) is 20.8. The molecule has 0 fully saturated rings. The molecule has 0 spiro atoms. The van der Waals surface area contributed by atoms with Crippen LogP contribution in [0.25, 0.3) is 11.0 Å². The third kappa shape index (κ3) is 8.16. The fourth-order valence-corrected chi connectivity index (χ4v) is 4.56. The molecule has 0 saturated heterocycles. The first-order valence-electron chi connectivity index (χ1n) is 14.0. The Kier molecular flexibility index (Phi) is 10.8. The molecule has 2 N–H and O–H groups in total. The number of carbonyl (C=O) groups excluding carboxylic acids is 2. The second-order valence-corrected chi connectivity index (χ2v) is 9.96. The fourth-order valence-electron chi connectivity index (χ4n) is 4.56. The van der Waals surface area contributed by atoms with E-state index >= 15 is 0 Å². The summed E-state index contributed by atoms with van der Waals surface area (Å²) < 4.78 is 25.4. The number of pyridine rings is 2. The van der Waals surface area contributed by atoms with Crippen molar-refractivity contribution in [3.05, 3.63) is 105 Å². The van der Waals surface area contributed by atoms with Crippen LogP contribution in [0.3, 0.4) is 0 Å². The van der Waals surface area contributed by atoms with Gasteiger partial charge in [0.15, 0.2) is 5.75 Å². The van der Waals surface area contributed by atoms with E-state index in [0.717, 1.165) is 16.7 Å². The van der Waals surface area contributed by atoms with E-state index in [1.54, 1.807) is 31.4 Å². The zero-order valence-electron chi connectivity index (χ0n) is 24.2. The van der Waals surface area contributed by atoms with Crippen LogP contribution in [0.2, 0.25) is 0 Å². The van der Waals surface area contributed by atoms with Gasteiger partial charge in [0.2, 0.25) is 0 Å². The van der Waals surface area contributed by atoms with Crippen LogP contribution in [0.4, 0.5) is 9.18 Å². The highest BCUT2D eigenvalue weighted by Gasteiger charge is 2.23. The summed E-state index contributed by atoms with van der Waals surface area (Å²) in [5, 5.41) is 13.6. The molecule has 10 nitrogen and oxygen atoms in total. The summed E-state index contributed by atoms with van der Waals surface area (Å²) >= 11 is 0. The Balaban J connectivity index is 1.57. The highest BCUT2D eigenvalue weighted by atomic mass is 19.1. The van der Waals surface area contributed by atoms with E-state index in [1.807, 2.05) is 37.3 Å². The van der Waals surface area contributed by atoms with Crippen LogP contribution in [-0.2, 0) is 29.0 Å². The first kappa shape index (κ1) is 31.2. The number of ether oxygens (including phenoxy) is 2. The number of carbonyl (C=O) groups is 2. The maximum atomic E-state index is 13.6. The molecule has 43 heavy (non-hydrogen) atoms. The van der Waals surface area contributed by atoms with Gasteiger partial charge in [0.1, 0.15) is 23.5 Å². The summed E-state index contributed by atoms with van der Waals surface area (Å²) in [7, 11) is 1.60. The Morgan fingerprint density at radius 2 is 1.81 bits per heavy atom. The zero-order chi connectivity index (χ0) is 30.8. The van der Waals surface area contributed by atoms with Crippen molar-refractivity contribution in [2.24, 2.45) is 0 Å². The van der Waals surface area contributed by atoms with E-state index in [-0.39, 0.29) is 44.2 Å². The number of aromatic nitrogens is 2. The molecule has 0 bridgehead atoms. The van der Waals surface area contributed by atoms with Crippen molar-refractivity contribution in [3.63, 3.8) is 0 Å². The summed E-state index contributed by atoms with van der Waals surface area (Å²) in [6, 6.07) is 17.1. The van der Waals surface area contributed by atoms with Gasteiger partial charge >= 0.3 is 6.09 Å². The van der Waals surface area contributed by atoms with Gasteiger partial charge in [-0.15, -0.1) is 0 Å². The molecule has 226 valence electrons. The van der Waals surface area contributed by atoms with Crippen LogP contribution >= 0.6 is 0 Å². The number of hydrogen-bond acceptors (Lipinski definition) is 7. The van der Waals surface area contributed by atoms with Crippen molar-refractivity contribution >= 4 is 23.0 Å². The number of hydrogen-bond donors (Lipinski definition) is 2. The fraction of sp³-hybridized carbons (Fsp3) is 0.312. The largest absolute Gasteiger partial charge is 0.505 e. The van der Waals surface area contributed by atoms with E-state index in [0.29, 0.717) is 25.0 Å². The Labute approximate surface area is 248 Å². The quantitative estimate of drug-likeness (QED) is 0.223. The van der Waals surface area contributed by atoms with Crippen molar-refractivity contribution in [3.8, 4) is 5.75 Å². The van der Waals surface area contributed by atoms with Gasteiger partial charge in [-0.3, -0.25) is 14.6 Å². The van der Waals surface area contributed by atoms with Gasteiger partial charge in [0.25, 0.3) is 11.5 Å². The maximum Gasteiger partial charge on any atom is 0.409 e. The van der Waals surface area contributed by atoms with Gasteiger partial charge in [-0.1, -0.05) is 42.5 Å².